The minimum Gasteiger partial charge on any atom is -0.464 e. The first-order chi connectivity index (χ1) is 15.1. The molecule has 32 heavy (non-hydrogen) atoms. The average Bonchev–Trinajstić information content (AvgIpc) is 3.09. The highest BCUT2D eigenvalue weighted by Crippen LogP contribution is 2.28. The Balaban J connectivity index is 1.95. The van der Waals surface area contributed by atoms with Crippen LogP contribution < -0.4 is 15.8 Å². The number of carbonyl (C=O) groups excluding carboxylic acids is 2. The molecule has 0 fully saturated rings. The molecule has 0 saturated carbocycles. The van der Waals surface area contributed by atoms with Crippen LogP contribution in [0.25, 0.3) is 5.69 Å². The number of aromatic nitrogens is 1. The van der Waals surface area contributed by atoms with Gasteiger partial charge in [-0.15, -0.1) is 13.2 Å². The molecule has 1 heterocycles. The number of carbonyl (C=O) groups is 2. The zero-order chi connectivity index (χ0) is 23.5. The highest BCUT2D eigenvalue weighted by Gasteiger charge is 2.31. The predicted octanol–water partition coefficient (Wildman–Crippen LogP) is 3.87. The van der Waals surface area contributed by atoms with E-state index in [1.165, 1.54) is 35.0 Å². The Labute approximate surface area is 179 Å². The summed E-state index contributed by atoms with van der Waals surface area (Å²) in [7, 11) is 1.15. The Morgan fingerprint density at radius 2 is 1.78 bits per heavy atom. The molecule has 0 aliphatic heterocycles. The van der Waals surface area contributed by atoms with Gasteiger partial charge in [0.05, 0.1) is 29.6 Å². The quantitative estimate of drug-likeness (QED) is 0.577. The molecule has 3 N–H and O–H groups in total. The molecule has 164 valence electrons. The van der Waals surface area contributed by atoms with Crippen molar-refractivity contribution in [3.63, 3.8) is 0 Å². The summed E-state index contributed by atoms with van der Waals surface area (Å²) in [6.45, 7) is 0. The molecule has 8 nitrogen and oxygen atoms in total. The van der Waals surface area contributed by atoms with Crippen molar-refractivity contribution in [2.24, 2.45) is 0 Å². The number of nitrogens with zero attached hydrogens (tertiary/aromatic N) is 2. The lowest BCUT2D eigenvalue weighted by molar-refractivity contribution is -0.274. The third kappa shape index (κ3) is 4.65. The van der Waals surface area contributed by atoms with Crippen LogP contribution in [0.4, 0.5) is 24.5 Å². The Morgan fingerprint density at radius 3 is 2.38 bits per heavy atom. The maximum atomic E-state index is 12.9. The number of amides is 1. The van der Waals surface area contributed by atoms with Gasteiger partial charge in [0.25, 0.3) is 5.91 Å². The summed E-state index contributed by atoms with van der Waals surface area (Å²) in [5.41, 5.74) is 6.23. The van der Waals surface area contributed by atoms with Crippen LogP contribution in [0.1, 0.15) is 26.4 Å². The fraction of sp³-hybridized carbons (Fsp3) is 0.0952. The lowest BCUT2D eigenvalue weighted by atomic mass is 10.1. The number of benzene rings is 2. The first-order valence-electron chi connectivity index (χ1n) is 8.90. The molecule has 0 unspecified atom stereocenters. The highest BCUT2D eigenvalue weighted by molar-refractivity contribution is 6.07. The normalized spacial score (nSPS) is 10.8. The summed E-state index contributed by atoms with van der Waals surface area (Å²) in [6, 6.07) is 12.6. The number of hydrogen-bond donors (Lipinski definition) is 2. The van der Waals surface area contributed by atoms with Crippen molar-refractivity contribution in [1.29, 1.82) is 5.26 Å². The predicted molar refractivity (Wildman–Crippen MR) is 107 cm³/mol. The van der Waals surface area contributed by atoms with Crippen LogP contribution in [0, 0.1) is 11.3 Å². The topological polar surface area (TPSA) is 119 Å². The van der Waals surface area contributed by atoms with Gasteiger partial charge in [0, 0.05) is 11.9 Å². The van der Waals surface area contributed by atoms with Crippen molar-refractivity contribution in [3.8, 4) is 17.5 Å². The second kappa shape index (κ2) is 8.73. The highest BCUT2D eigenvalue weighted by atomic mass is 19.4. The number of nitrogen functional groups attached to an aromatic ring is 1. The van der Waals surface area contributed by atoms with Crippen LogP contribution in [0.2, 0.25) is 0 Å². The number of alkyl halides is 3. The van der Waals surface area contributed by atoms with Gasteiger partial charge in [0.1, 0.15) is 11.8 Å². The smallest absolute Gasteiger partial charge is 0.464 e. The maximum Gasteiger partial charge on any atom is 0.573 e. The van der Waals surface area contributed by atoms with Gasteiger partial charge in [-0.1, -0.05) is 12.1 Å². The molecule has 3 aromatic rings. The standard InChI is InChI=1S/C21H15F3N4O4/c1-31-20(30)18-17(26)12(10-25)11-28(18)16-5-3-2-4-15(16)19(29)27-13-6-8-14(9-7-13)32-21(22,23)24/h2-9,11H,26H2,1H3,(H,27,29). The Hall–Kier alpha value is -4.46. The molecule has 0 aliphatic rings. The summed E-state index contributed by atoms with van der Waals surface area (Å²) in [5, 5.41) is 11.8. The second-order valence-corrected chi connectivity index (χ2v) is 6.32. The van der Waals surface area contributed by atoms with Gasteiger partial charge in [0.15, 0.2) is 5.69 Å². The number of ether oxygens (including phenoxy) is 2. The van der Waals surface area contributed by atoms with E-state index in [2.05, 4.69) is 10.1 Å². The Morgan fingerprint density at radius 1 is 1.12 bits per heavy atom. The first-order valence-corrected chi connectivity index (χ1v) is 8.90. The van der Waals surface area contributed by atoms with Crippen molar-refractivity contribution in [3.05, 3.63) is 71.5 Å². The number of nitrogens with one attached hydrogen (secondary N) is 1. The van der Waals surface area contributed by atoms with Crippen molar-refractivity contribution in [1.82, 2.24) is 4.57 Å². The number of nitriles is 1. The summed E-state index contributed by atoms with van der Waals surface area (Å²) in [6.07, 6.45) is -3.53. The third-order valence-electron chi connectivity index (χ3n) is 4.30. The maximum absolute atomic E-state index is 12.9. The van der Waals surface area contributed by atoms with E-state index >= 15 is 0 Å². The lowest BCUT2D eigenvalue weighted by Crippen LogP contribution is -2.18. The van der Waals surface area contributed by atoms with Gasteiger partial charge in [0.2, 0.25) is 0 Å². The van der Waals surface area contributed by atoms with Gasteiger partial charge < -0.3 is 25.1 Å². The van der Waals surface area contributed by atoms with Gasteiger partial charge >= 0.3 is 12.3 Å². The summed E-state index contributed by atoms with van der Waals surface area (Å²) in [5.74, 6) is -1.86. The van der Waals surface area contributed by atoms with Crippen LogP contribution in [0.3, 0.4) is 0 Å². The SMILES string of the molecule is COC(=O)c1c(N)c(C#N)cn1-c1ccccc1C(=O)Nc1ccc(OC(F)(F)F)cc1. The molecule has 2 aromatic carbocycles. The number of halogens is 3. The van der Waals surface area contributed by atoms with Gasteiger partial charge in [-0.3, -0.25) is 4.79 Å². The number of anilines is 2. The summed E-state index contributed by atoms with van der Waals surface area (Å²) in [4.78, 5) is 25.1. The largest absolute Gasteiger partial charge is 0.573 e. The zero-order valence-electron chi connectivity index (χ0n) is 16.4. The van der Waals surface area contributed by atoms with E-state index in [1.807, 2.05) is 6.07 Å². The fourth-order valence-electron chi connectivity index (χ4n) is 2.92. The molecule has 3 rings (SSSR count). The molecule has 0 aliphatic carbocycles. The fourth-order valence-corrected chi connectivity index (χ4v) is 2.92. The van der Waals surface area contributed by atoms with E-state index in [1.54, 1.807) is 12.1 Å². The second-order valence-electron chi connectivity index (χ2n) is 6.32. The van der Waals surface area contributed by atoms with Gasteiger partial charge in [-0.2, -0.15) is 5.26 Å². The van der Waals surface area contributed by atoms with E-state index in [-0.39, 0.29) is 33.9 Å². The van der Waals surface area contributed by atoms with Crippen LogP contribution >= 0.6 is 0 Å². The van der Waals surface area contributed by atoms with Crippen molar-refractivity contribution < 1.29 is 32.2 Å². The number of rotatable bonds is 5. The molecular formula is C21H15F3N4O4. The first kappa shape index (κ1) is 22.2. The Kier molecular flexibility index (Phi) is 6.06. The third-order valence-corrected chi connectivity index (χ3v) is 4.30. The zero-order valence-corrected chi connectivity index (χ0v) is 16.4. The van der Waals surface area contributed by atoms with Crippen molar-refractivity contribution in [2.45, 2.75) is 6.36 Å². The molecule has 0 spiro atoms. The molecule has 0 radical (unpaired) electrons. The number of hydrogen-bond acceptors (Lipinski definition) is 6. The van der Waals surface area contributed by atoms with Crippen molar-refractivity contribution in [2.75, 3.05) is 18.2 Å². The van der Waals surface area contributed by atoms with Gasteiger partial charge in [-0.05, 0) is 36.4 Å². The minimum atomic E-state index is -4.83. The molecular weight excluding hydrogens is 429 g/mol. The number of methoxy groups -OCH3 is 1. The molecule has 1 amide bonds. The van der Waals surface area contributed by atoms with E-state index in [0.717, 1.165) is 19.2 Å². The molecule has 0 saturated heterocycles. The average molecular weight is 444 g/mol. The Bertz CT molecular complexity index is 1210. The summed E-state index contributed by atoms with van der Waals surface area (Å²) >= 11 is 0. The molecule has 0 atom stereocenters. The number of esters is 1. The number of nitrogens with two attached hydrogens (primary N) is 1. The lowest BCUT2D eigenvalue weighted by Gasteiger charge is -2.14. The van der Waals surface area contributed by atoms with Crippen LogP contribution in [0.15, 0.2) is 54.7 Å². The van der Waals surface area contributed by atoms with E-state index in [4.69, 9.17) is 10.5 Å². The van der Waals surface area contributed by atoms with Crippen LogP contribution in [0.5, 0.6) is 5.75 Å². The minimum absolute atomic E-state index is 0.0147. The van der Waals surface area contributed by atoms with E-state index < -0.39 is 24.0 Å². The van der Waals surface area contributed by atoms with Crippen LogP contribution in [-0.4, -0.2) is 29.9 Å². The molecule has 0 bridgehead atoms. The van der Waals surface area contributed by atoms with Gasteiger partial charge in [-0.25, -0.2) is 4.79 Å². The summed E-state index contributed by atoms with van der Waals surface area (Å²) < 4.78 is 46.7. The van der Waals surface area contributed by atoms with E-state index in [0.29, 0.717) is 0 Å². The number of para-hydroxylation sites is 1. The van der Waals surface area contributed by atoms with E-state index in [9.17, 15) is 28.0 Å². The van der Waals surface area contributed by atoms with Crippen molar-refractivity contribution >= 4 is 23.3 Å². The molecule has 11 heteroatoms. The van der Waals surface area contributed by atoms with Crippen LogP contribution in [-0.2, 0) is 4.74 Å². The molecule has 1 aromatic heterocycles. The monoisotopic (exact) mass is 444 g/mol.